The molecule has 3 N–H and O–H groups in total. The number of carbonyl (C=O) groups excluding carboxylic acids is 1. The van der Waals surface area contributed by atoms with E-state index in [1.165, 1.54) is 19.3 Å². The van der Waals surface area contributed by atoms with Crippen molar-refractivity contribution in [3.05, 3.63) is 0 Å². The molecular weight excluding hydrogens is 188 g/mol. The molecule has 0 aromatic carbocycles. The van der Waals surface area contributed by atoms with E-state index >= 15 is 0 Å². The van der Waals surface area contributed by atoms with Crippen LogP contribution >= 0.6 is 0 Å². The van der Waals surface area contributed by atoms with Crippen LogP contribution in [-0.4, -0.2) is 19.0 Å². The van der Waals surface area contributed by atoms with Gasteiger partial charge in [-0.25, -0.2) is 0 Å². The van der Waals surface area contributed by atoms with Crippen molar-refractivity contribution in [2.45, 2.75) is 39.0 Å². The maximum atomic E-state index is 12.0. The summed E-state index contributed by atoms with van der Waals surface area (Å²) in [6.45, 7) is 3.57. The van der Waals surface area contributed by atoms with Gasteiger partial charge in [-0.2, -0.15) is 0 Å². The van der Waals surface area contributed by atoms with Gasteiger partial charge >= 0.3 is 0 Å². The first-order valence-corrected chi connectivity index (χ1v) is 6.15. The second-order valence-electron chi connectivity index (χ2n) is 5.50. The lowest BCUT2D eigenvalue weighted by Gasteiger charge is -2.44. The Bertz CT molecular complexity index is 242. The van der Waals surface area contributed by atoms with Crippen LogP contribution in [0, 0.1) is 17.3 Å². The molecule has 1 amide bonds. The maximum Gasteiger partial charge on any atom is 0.227 e. The normalized spacial score (nSPS) is 35.5. The van der Waals surface area contributed by atoms with Gasteiger partial charge in [0.15, 0.2) is 0 Å². The summed E-state index contributed by atoms with van der Waals surface area (Å²) in [5.41, 5.74) is 5.50. The number of nitrogens with one attached hydrogen (secondary N) is 1. The Morgan fingerprint density at radius 3 is 2.53 bits per heavy atom. The van der Waals surface area contributed by atoms with Crippen molar-refractivity contribution in [1.29, 1.82) is 0 Å². The Kier molecular flexibility index (Phi) is 3.01. The minimum absolute atomic E-state index is 0.204. The molecule has 0 saturated heterocycles. The topological polar surface area (TPSA) is 55.1 Å². The van der Waals surface area contributed by atoms with Crippen molar-refractivity contribution in [3.8, 4) is 0 Å². The molecule has 0 aromatic heterocycles. The monoisotopic (exact) mass is 210 g/mol. The second-order valence-corrected chi connectivity index (χ2v) is 5.50. The molecule has 86 valence electrons. The highest BCUT2D eigenvalue weighted by Crippen LogP contribution is 2.44. The first kappa shape index (κ1) is 10.9. The van der Waals surface area contributed by atoms with Crippen LogP contribution in [0.3, 0.4) is 0 Å². The highest BCUT2D eigenvalue weighted by atomic mass is 16.2. The summed E-state index contributed by atoms with van der Waals surface area (Å²) in [4.78, 5) is 12.0. The van der Waals surface area contributed by atoms with Crippen LogP contribution in [0.25, 0.3) is 0 Å². The van der Waals surface area contributed by atoms with E-state index in [1.807, 2.05) is 0 Å². The maximum absolute atomic E-state index is 12.0. The highest BCUT2D eigenvalue weighted by molar-refractivity contribution is 5.83. The Labute approximate surface area is 91.8 Å². The van der Waals surface area contributed by atoms with Crippen molar-refractivity contribution in [1.82, 2.24) is 5.32 Å². The summed E-state index contributed by atoms with van der Waals surface area (Å²) >= 11 is 0. The molecule has 0 aliphatic heterocycles. The average Bonchev–Trinajstić information content (AvgIpc) is 2.09. The van der Waals surface area contributed by atoms with Gasteiger partial charge in [0.1, 0.15) is 0 Å². The number of carbonyl (C=O) groups is 1. The fourth-order valence-electron chi connectivity index (χ4n) is 2.84. The van der Waals surface area contributed by atoms with Gasteiger partial charge in [-0.1, -0.05) is 13.3 Å². The standard InChI is InChI=1S/C12H22N2O/c1-9-5-12(6-9,8-13)11(15)14-7-10-3-2-4-10/h9-10H,2-8,13H2,1H3,(H,14,15). The lowest BCUT2D eigenvalue weighted by atomic mass is 9.62. The van der Waals surface area contributed by atoms with E-state index in [1.54, 1.807) is 0 Å². The highest BCUT2D eigenvalue weighted by Gasteiger charge is 2.47. The van der Waals surface area contributed by atoms with Crippen LogP contribution in [-0.2, 0) is 4.79 Å². The van der Waals surface area contributed by atoms with E-state index in [9.17, 15) is 4.79 Å². The molecule has 3 heteroatoms. The lowest BCUT2D eigenvalue weighted by molar-refractivity contribution is -0.138. The molecule has 2 saturated carbocycles. The van der Waals surface area contributed by atoms with Crippen LogP contribution in [0.15, 0.2) is 0 Å². The van der Waals surface area contributed by atoms with Crippen LogP contribution in [0.5, 0.6) is 0 Å². The Morgan fingerprint density at radius 2 is 2.13 bits per heavy atom. The van der Waals surface area contributed by atoms with E-state index < -0.39 is 0 Å². The molecule has 2 fully saturated rings. The second kappa shape index (κ2) is 4.12. The first-order valence-electron chi connectivity index (χ1n) is 6.15. The molecule has 0 aromatic rings. The molecule has 0 unspecified atom stereocenters. The molecule has 0 bridgehead atoms. The summed E-state index contributed by atoms with van der Waals surface area (Å²) in [5, 5.41) is 3.08. The third kappa shape index (κ3) is 2.03. The summed E-state index contributed by atoms with van der Waals surface area (Å²) < 4.78 is 0. The fourth-order valence-corrected chi connectivity index (χ4v) is 2.84. The van der Waals surface area contributed by atoms with Crippen LogP contribution in [0.1, 0.15) is 39.0 Å². The summed E-state index contributed by atoms with van der Waals surface area (Å²) in [6, 6.07) is 0. The molecule has 0 atom stereocenters. The van der Waals surface area contributed by atoms with Crippen LogP contribution < -0.4 is 11.1 Å². The predicted molar refractivity (Wildman–Crippen MR) is 60.2 cm³/mol. The zero-order chi connectivity index (χ0) is 10.9. The molecular formula is C12H22N2O. The van der Waals surface area contributed by atoms with Gasteiger partial charge in [0, 0.05) is 13.1 Å². The van der Waals surface area contributed by atoms with Gasteiger partial charge in [-0.3, -0.25) is 4.79 Å². The van der Waals surface area contributed by atoms with Gasteiger partial charge < -0.3 is 11.1 Å². The lowest BCUT2D eigenvalue weighted by Crippen LogP contribution is -2.54. The fraction of sp³-hybridized carbons (Fsp3) is 0.917. The van der Waals surface area contributed by atoms with Crippen LogP contribution in [0.2, 0.25) is 0 Å². The molecule has 0 radical (unpaired) electrons. The van der Waals surface area contributed by atoms with Crippen molar-refractivity contribution >= 4 is 5.91 Å². The Morgan fingerprint density at radius 1 is 1.47 bits per heavy atom. The average molecular weight is 210 g/mol. The van der Waals surface area contributed by atoms with Crippen molar-refractivity contribution in [2.75, 3.05) is 13.1 Å². The zero-order valence-corrected chi connectivity index (χ0v) is 9.59. The molecule has 2 aliphatic carbocycles. The van der Waals surface area contributed by atoms with Crippen molar-refractivity contribution in [2.24, 2.45) is 23.0 Å². The molecule has 0 heterocycles. The molecule has 15 heavy (non-hydrogen) atoms. The van der Waals surface area contributed by atoms with E-state index in [4.69, 9.17) is 5.73 Å². The van der Waals surface area contributed by atoms with Gasteiger partial charge in [-0.15, -0.1) is 0 Å². The van der Waals surface area contributed by atoms with E-state index in [-0.39, 0.29) is 11.3 Å². The molecule has 2 aliphatic rings. The number of amides is 1. The zero-order valence-electron chi connectivity index (χ0n) is 9.59. The van der Waals surface area contributed by atoms with Crippen molar-refractivity contribution < 1.29 is 4.79 Å². The minimum Gasteiger partial charge on any atom is -0.355 e. The van der Waals surface area contributed by atoms with Crippen molar-refractivity contribution in [3.63, 3.8) is 0 Å². The summed E-state index contributed by atoms with van der Waals surface area (Å²) in [5.74, 6) is 1.61. The van der Waals surface area contributed by atoms with Gasteiger partial charge in [-0.05, 0) is 37.5 Å². The van der Waals surface area contributed by atoms with Gasteiger partial charge in [0.2, 0.25) is 5.91 Å². The first-order chi connectivity index (χ1) is 7.16. The van der Waals surface area contributed by atoms with E-state index in [2.05, 4.69) is 12.2 Å². The third-order valence-electron chi connectivity index (χ3n) is 4.13. The predicted octanol–water partition coefficient (Wildman–Crippen LogP) is 1.28. The number of hydrogen-bond acceptors (Lipinski definition) is 2. The number of nitrogens with two attached hydrogens (primary N) is 1. The molecule has 3 nitrogen and oxygen atoms in total. The Hall–Kier alpha value is -0.570. The quantitative estimate of drug-likeness (QED) is 0.734. The van der Waals surface area contributed by atoms with Gasteiger partial charge in [0.05, 0.1) is 5.41 Å². The molecule has 2 rings (SSSR count). The SMILES string of the molecule is CC1CC(CN)(C(=O)NCC2CCC2)C1. The minimum atomic E-state index is -0.219. The van der Waals surface area contributed by atoms with E-state index in [0.717, 1.165) is 25.3 Å². The van der Waals surface area contributed by atoms with Gasteiger partial charge in [0.25, 0.3) is 0 Å². The number of hydrogen-bond donors (Lipinski definition) is 2. The number of rotatable bonds is 4. The van der Waals surface area contributed by atoms with Crippen LogP contribution in [0.4, 0.5) is 0 Å². The third-order valence-corrected chi connectivity index (χ3v) is 4.13. The Balaban J connectivity index is 1.78. The molecule has 0 spiro atoms. The summed E-state index contributed by atoms with van der Waals surface area (Å²) in [7, 11) is 0. The largest absolute Gasteiger partial charge is 0.355 e. The smallest absolute Gasteiger partial charge is 0.227 e. The van der Waals surface area contributed by atoms with E-state index in [0.29, 0.717) is 12.5 Å². The summed E-state index contributed by atoms with van der Waals surface area (Å²) in [6.07, 6.45) is 5.85.